The molecule has 1 aliphatic carbocycles. The first kappa shape index (κ1) is 15.5. The van der Waals surface area contributed by atoms with Gasteiger partial charge in [-0.3, -0.25) is 9.78 Å². The van der Waals surface area contributed by atoms with Gasteiger partial charge in [0.05, 0.1) is 34.2 Å². The summed E-state index contributed by atoms with van der Waals surface area (Å²) < 4.78 is 1.57. The third kappa shape index (κ3) is 2.43. The zero-order valence-corrected chi connectivity index (χ0v) is 14.6. The molecule has 0 spiro atoms. The highest BCUT2D eigenvalue weighted by Crippen LogP contribution is 2.28. The van der Waals surface area contributed by atoms with Crippen molar-refractivity contribution < 1.29 is 4.79 Å². The van der Waals surface area contributed by atoms with Crippen molar-refractivity contribution in [3.05, 3.63) is 70.9 Å². The number of hydrogen-bond donors (Lipinski definition) is 2. The van der Waals surface area contributed by atoms with Crippen LogP contribution >= 0.6 is 0 Å². The first-order chi connectivity index (χ1) is 13.1. The van der Waals surface area contributed by atoms with Gasteiger partial charge < -0.3 is 10.7 Å². The summed E-state index contributed by atoms with van der Waals surface area (Å²) in [6.07, 6.45) is 5.64. The van der Waals surface area contributed by atoms with Gasteiger partial charge in [0.25, 0.3) is 0 Å². The molecule has 3 aromatic heterocycles. The van der Waals surface area contributed by atoms with E-state index < -0.39 is 0 Å². The number of aromatic amines is 1. The third-order valence-electron chi connectivity index (χ3n) is 4.79. The lowest BCUT2D eigenvalue weighted by Gasteiger charge is -2.05. The van der Waals surface area contributed by atoms with Gasteiger partial charge in [0, 0.05) is 18.2 Å². The number of nitrogens with one attached hydrogen (secondary N) is 1. The zero-order chi connectivity index (χ0) is 18.5. The molecule has 1 aromatic carbocycles. The number of nitrogens with two attached hydrogens (primary N) is 1. The van der Waals surface area contributed by atoms with Crippen molar-refractivity contribution in [3.8, 4) is 5.69 Å². The van der Waals surface area contributed by atoms with Crippen LogP contribution in [0.5, 0.6) is 0 Å². The molecule has 3 N–H and O–H groups in total. The Morgan fingerprint density at radius 1 is 1.30 bits per heavy atom. The number of aromatic nitrogens is 5. The highest BCUT2D eigenvalue weighted by Gasteiger charge is 2.24. The smallest absolute Gasteiger partial charge is 0.194 e. The number of aryl methyl sites for hydroxylation is 1. The molecule has 0 atom stereocenters. The van der Waals surface area contributed by atoms with Gasteiger partial charge in [-0.1, -0.05) is 6.07 Å². The van der Waals surface area contributed by atoms with Crippen LogP contribution in [0.4, 0.5) is 5.82 Å². The van der Waals surface area contributed by atoms with Gasteiger partial charge in [0.15, 0.2) is 5.78 Å². The van der Waals surface area contributed by atoms with Crippen LogP contribution in [0.1, 0.15) is 27.4 Å². The van der Waals surface area contributed by atoms with Gasteiger partial charge in [-0.05, 0) is 42.8 Å². The van der Waals surface area contributed by atoms with Crippen LogP contribution in [0.15, 0.2) is 48.3 Å². The lowest BCUT2D eigenvalue weighted by Crippen LogP contribution is -2.08. The average molecular weight is 356 g/mol. The van der Waals surface area contributed by atoms with E-state index in [4.69, 9.17) is 5.73 Å². The quantitative estimate of drug-likeness (QED) is 0.550. The molecule has 0 fully saturated rings. The maximum atomic E-state index is 13.0. The van der Waals surface area contributed by atoms with E-state index in [-0.39, 0.29) is 5.78 Å². The average Bonchev–Trinajstić information content (AvgIpc) is 3.35. The molecular formula is C20H16N6O. The lowest BCUT2D eigenvalue weighted by molar-refractivity contribution is 0.103. The normalized spacial score (nSPS) is 13.0. The molecule has 0 aliphatic heterocycles. The molecule has 0 radical (unpaired) electrons. The van der Waals surface area contributed by atoms with Gasteiger partial charge in [-0.25, -0.2) is 9.67 Å². The number of ketones is 1. The first-order valence-corrected chi connectivity index (χ1v) is 8.59. The summed E-state index contributed by atoms with van der Waals surface area (Å²) in [5.74, 6) is 1.04. The molecule has 132 valence electrons. The minimum absolute atomic E-state index is 0.116. The summed E-state index contributed by atoms with van der Waals surface area (Å²) in [7, 11) is 0. The number of allylic oxidation sites excluding steroid dienone is 1. The minimum atomic E-state index is -0.116. The Hall–Kier alpha value is -3.74. The van der Waals surface area contributed by atoms with Crippen molar-refractivity contribution in [2.24, 2.45) is 0 Å². The summed E-state index contributed by atoms with van der Waals surface area (Å²) in [6, 6.07) is 9.56. The largest absolute Gasteiger partial charge is 0.383 e. The molecular weight excluding hydrogens is 340 g/mol. The van der Waals surface area contributed by atoms with Crippen LogP contribution in [0.25, 0.3) is 22.8 Å². The highest BCUT2D eigenvalue weighted by atomic mass is 16.1. The van der Waals surface area contributed by atoms with Crippen LogP contribution in [0.3, 0.4) is 0 Å². The van der Waals surface area contributed by atoms with Gasteiger partial charge in [-0.2, -0.15) is 5.10 Å². The number of Topliss-reactive ketones (excluding diaryl/α,β-unsaturated/α-hetero) is 1. The second-order valence-corrected chi connectivity index (χ2v) is 6.60. The summed E-state index contributed by atoms with van der Waals surface area (Å²) in [5, 5.41) is 4.33. The Bertz CT molecular complexity index is 1250. The van der Waals surface area contributed by atoms with E-state index in [1.165, 1.54) is 6.20 Å². The fraction of sp³-hybridized carbons (Fsp3) is 0.100. The third-order valence-corrected chi connectivity index (χ3v) is 4.79. The fourth-order valence-corrected chi connectivity index (χ4v) is 3.47. The monoisotopic (exact) mass is 356 g/mol. The molecule has 0 saturated carbocycles. The number of pyridine rings is 1. The molecule has 0 unspecified atom stereocenters. The molecule has 27 heavy (non-hydrogen) atoms. The van der Waals surface area contributed by atoms with Gasteiger partial charge in [0.1, 0.15) is 11.6 Å². The zero-order valence-electron chi connectivity index (χ0n) is 14.6. The van der Waals surface area contributed by atoms with Crippen LogP contribution in [-0.2, 0) is 6.42 Å². The summed E-state index contributed by atoms with van der Waals surface area (Å²) in [6.45, 7) is 1.90. The number of hydrogen-bond acceptors (Lipinski definition) is 5. The number of nitrogen functional groups attached to an aromatic ring is 1. The predicted molar refractivity (Wildman–Crippen MR) is 103 cm³/mol. The van der Waals surface area contributed by atoms with Crippen molar-refractivity contribution in [3.63, 3.8) is 0 Å². The lowest BCUT2D eigenvalue weighted by atomic mass is 10.0. The van der Waals surface area contributed by atoms with E-state index in [2.05, 4.69) is 20.1 Å². The molecule has 0 saturated heterocycles. The van der Waals surface area contributed by atoms with E-state index in [9.17, 15) is 4.79 Å². The topological polar surface area (TPSA) is 102 Å². The van der Waals surface area contributed by atoms with Crippen molar-refractivity contribution in [1.82, 2.24) is 24.7 Å². The number of carbonyl (C=O) groups is 1. The number of carbonyl (C=O) groups excluding carboxylic acids is 1. The Labute approximate surface area is 154 Å². The second kappa shape index (κ2) is 5.63. The molecule has 1 aliphatic rings. The van der Waals surface area contributed by atoms with Crippen LogP contribution in [0.2, 0.25) is 0 Å². The Kier molecular flexibility index (Phi) is 3.24. The summed E-state index contributed by atoms with van der Waals surface area (Å²) >= 11 is 0. The van der Waals surface area contributed by atoms with Crippen LogP contribution < -0.4 is 5.73 Å². The number of fused-ring (bicyclic) bond motifs is 2. The molecule has 7 heteroatoms. The van der Waals surface area contributed by atoms with E-state index >= 15 is 0 Å². The van der Waals surface area contributed by atoms with E-state index in [1.807, 2.05) is 43.3 Å². The number of H-pyrrole nitrogens is 1. The number of rotatable bonds is 3. The SMILES string of the molecule is Cc1nc2ccc(-n3ncc(C(=O)C4=Cc5ncccc5C4)c3N)cc2[nH]1. The van der Waals surface area contributed by atoms with Crippen molar-refractivity contribution in [2.45, 2.75) is 13.3 Å². The molecule has 0 bridgehead atoms. The molecule has 5 rings (SSSR count). The standard InChI is InChI=1S/C20H16N6O/c1-11-24-16-5-4-14(9-18(16)25-11)26-20(21)15(10-23-26)19(27)13-7-12-3-2-6-22-17(12)8-13/h2-6,8-10H,7,21H2,1H3,(H,24,25). The van der Waals surface area contributed by atoms with E-state index in [1.54, 1.807) is 10.9 Å². The van der Waals surface area contributed by atoms with Crippen molar-refractivity contribution in [1.29, 1.82) is 0 Å². The summed E-state index contributed by atoms with van der Waals surface area (Å²) in [4.78, 5) is 24.8. The summed E-state index contributed by atoms with van der Waals surface area (Å²) in [5.41, 5.74) is 11.8. The Balaban J connectivity index is 1.50. The first-order valence-electron chi connectivity index (χ1n) is 8.59. The van der Waals surface area contributed by atoms with Crippen LogP contribution in [0, 0.1) is 6.92 Å². The van der Waals surface area contributed by atoms with Crippen molar-refractivity contribution in [2.75, 3.05) is 5.73 Å². The highest BCUT2D eigenvalue weighted by molar-refractivity contribution is 6.14. The number of anilines is 1. The Morgan fingerprint density at radius 2 is 2.19 bits per heavy atom. The van der Waals surface area contributed by atoms with E-state index in [0.29, 0.717) is 23.4 Å². The van der Waals surface area contributed by atoms with E-state index in [0.717, 1.165) is 33.8 Å². The maximum Gasteiger partial charge on any atom is 0.194 e. The van der Waals surface area contributed by atoms with Gasteiger partial charge in [0.2, 0.25) is 0 Å². The number of imidazole rings is 1. The van der Waals surface area contributed by atoms with Gasteiger partial charge in [-0.15, -0.1) is 0 Å². The molecule has 4 aromatic rings. The maximum absolute atomic E-state index is 13.0. The predicted octanol–water partition coefficient (Wildman–Crippen LogP) is 2.86. The molecule has 3 heterocycles. The molecule has 7 nitrogen and oxygen atoms in total. The van der Waals surface area contributed by atoms with Gasteiger partial charge >= 0.3 is 0 Å². The van der Waals surface area contributed by atoms with Crippen LogP contribution in [-0.4, -0.2) is 30.5 Å². The number of nitrogens with zero attached hydrogens (tertiary/aromatic N) is 4. The van der Waals surface area contributed by atoms with Crippen molar-refractivity contribution >= 4 is 28.7 Å². The molecule has 0 amide bonds. The minimum Gasteiger partial charge on any atom is -0.383 e. The second-order valence-electron chi connectivity index (χ2n) is 6.60. The Morgan fingerprint density at radius 3 is 3.04 bits per heavy atom. The number of benzene rings is 1. The fourth-order valence-electron chi connectivity index (χ4n) is 3.47.